The Kier molecular flexibility index (Phi) is 17.0. The minimum Gasteiger partial charge on any atom is -0.413 e. The molecule has 1 unspecified atom stereocenters. The molecule has 3 saturated carbocycles. The lowest BCUT2D eigenvalue weighted by Gasteiger charge is -2.49. The number of aliphatic hydroxyl groups is 1. The van der Waals surface area contributed by atoms with Gasteiger partial charge in [0.25, 0.3) is 0 Å². The van der Waals surface area contributed by atoms with Crippen LogP contribution >= 0.6 is 0 Å². The van der Waals surface area contributed by atoms with Crippen LogP contribution in [0.25, 0.3) is 0 Å². The number of aliphatic hydroxyl groups excluding tert-OH is 1. The first-order chi connectivity index (χ1) is 25.4. The molecule has 3 aliphatic carbocycles. The first kappa shape index (κ1) is 48.4. The van der Waals surface area contributed by atoms with Crippen LogP contribution in [0, 0.1) is 23.2 Å². The summed E-state index contributed by atoms with van der Waals surface area (Å²) in [5.74, 6) is 1.04. The summed E-state index contributed by atoms with van der Waals surface area (Å²) in [4.78, 5) is 15.3. The highest BCUT2D eigenvalue weighted by Crippen LogP contribution is 2.60. The summed E-state index contributed by atoms with van der Waals surface area (Å²) in [5.41, 5.74) is 7.27. The van der Waals surface area contributed by atoms with Crippen molar-refractivity contribution >= 4 is 22.5 Å². The number of allylic oxidation sites excluding steroid dienone is 3. The summed E-state index contributed by atoms with van der Waals surface area (Å²) < 4.78 is 15.2. The third-order valence-electron chi connectivity index (χ3n) is 15.4. The average Bonchev–Trinajstić information content (AvgIpc) is 3.41. The Morgan fingerprint density at radius 3 is 1.76 bits per heavy atom. The topological polar surface area (TPSA) is 59.0 Å². The van der Waals surface area contributed by atoms with Gasteiger partial charge in [-0.05, 0) is 134 Å². The van der Waals surface area contributed by atoms with Crippen LogP contribution in [-0.2, 0) is 13.6 Å². The van der Waals surface area contributed by atoms with E-state index in [1.54, 1.807) is 5.57 Å². The molecule has 7 heteroatoms. The van der Waals surface area contributed by atoms with Gasteiger partial charge in [0.15, 0.2) is 0 Å². The van der Waals surface area contributed by atoms with Crippen LogP contribution in [0.3, 0.4) is 0 Å². The Bertz CT molecular complexity index is 1290. The minimum atomic E-state index is -2.17. The van der Waals surface area contributed by atoms with Crippen molar-refractivity contribution in [2.24, 2.45) is 23.2 Å². The highest BCUT2D eigenvalue weighted by molar-refractivity contribution is 6.78. The average molecular weight is 800 g/mol. The van der Waals surface area contributed by atoms with Crippen LogP contribution in [-0.4, -0.2) is 62.9 Å². The zero-order valence-corrected chi connectivity index (χ0v) is 41.2. The molecule has 3 fully saturated rings. The molecule has 318 valence electrons. The van der Waals surface area contributed by atoms with Gasteiger partial charge in [0.1, 0.15) is 0 Å². The molecule has 0 radical (unpaired) electrons. The number of fused-ring (bicyclic) bond motifs is 1. The van der Waals surface area contributed by atoms with Crippen LogP contribution in [0.15, 0.2) is 35.5 Å². The Morgan fingerprint density at radius 1 is 0.800 bits per heavy atom. The monoisotopic (exact) mass is 800 g/mol. The Labute approximate surface area is 343 Å². The van der Waals surface area contributed by atoms with Gasteiger partial charge in [-0.2, -0.15) is 0 Å². The number of rotatable bonds is 17. The van der Waals surface area contributed by atoms with E-state index in [1.807, 2.05) is 4.90 Å². The zero-order chi connectivity index (χ0) is 42.0. The standard InChI is InChI=1S/C48H89NO4Si2/c1-30(2)49(31(3)4)47(51)29-45(50)39(18)43-24-25-44-40(21-20-26-48(43,44)19)22-23-41-27-42(52-54(32(5)6,33(7)8)34(9)10)28-46(38(41)17)53-55(35(11)12,36(13)14)37(15)16/h22-23,30-37,39,42-46,50H,17,20-21,24-29H2,1-16,18-19H3/b40-22?,41-23+/t39-,42+,43+,44-,45?,46-,48+/m0/s1. The summed E-state index contributed by atoms with van der Waals surface area (Å²) in [6, 6.07) is 0.255. The van der Waals surface area contributed by atoms with E-state index in [1.165, 1.54) is 24.0 Å². The highest BCUT2D eigenvalue weighted by Gasteiger charge is 2.53. The van der Waals surface area contributed by atoms with Crippen LogP contribution in [0.1, 0.15) is 176 Å². The predicted octanol–water partition coefficient (Wildman–Crippen LogP) is 13.6. The van der Waals surface area contributed by atoms with Crippen molar-refractivity contribution in [2.45, 2.75) is 240 Å². The predicted molar refractivity (Wildman–Crippen MR) is 241 cm³/mol. The fraction of sp³-hybridized carbons (Fsp3) is 0.854. The maximum absolute atomic E-state index is 13.4. The molecule has 0 aromatic rings. The maximum atomic E-state index is 13.4. The number of nitrogens with zero attached hydrogens (tertiary/aromatic N) is 1. The van der Waals surface area contributed by atoms with E-state index in [2.05, 4.69) is 137 Å². The van der Waals surface area contributed by atoms with E-state index in [0.717, 1.165) is 32.1 Å². The molecule has 3 aliphatic rings. The Balaban J connectivity index is 2.00. The van der Waals surface area contributed by atoms with Gasteiger partial charge in [-0.25, -0.2) is 0 Å². The summed E-state index contributed by atoms with van der Waals surface area (Å²) in [5, 5.41) is 11.6. The molecule has 0 bridgehead atoms. The normalized spacial score (nSPS) is 28.3. The van der Waals surface area contributed by atoms with Crippen LogP contribution in [0.4, 0.5) is 0 Å². The molecule has 55 heavy (non-hydrogen) atoms. The minimum absolute atomic E-state index is 0.0275. The molecular formula is C48H89NO4Si2. The van der Waals surface area contributed by atoms with Gasteiger partial charge in [0.05, 0.1) is 24.7 Å². The Hall–Kier alpha value is -0.996. The number of hydrogen-bond acceptors (Lipinski definition) is 4. The van der Waals surface area contributed by atoms with Gasteiger partial charge < -0.3 is 18.9 Å². The summed E-state index contributed by atoms with van der Waals surface area (Å²) in [7, 11) is -4.29. The van der Waals surface area contributed by atoms with Crippen molar-refractivity contribution in [2.75, 3.05) is 0 Å². The quantitative estimate of drug-likeness (QED) is 0.149. The molecule has 5 nitrogen and oxygen atoms in total. The summed E-state index contributed by atoms with van der Waals surface area (Å²) in [6.45, 7) is 46.5. The molecule has 1 amide bonds. The van der Waals surface area contributed by atoms with E-state index in [9.17, 15) is 9.90 Å². The molecule has 0 aromatic heterocycles. The number of carbonyl (C=O) groups is 1. The van der Waals surface area contributed by atoms with Crippen molar-refractivity contribution in [1.82, 2.24) is 4.90 Å². The van der Waals surface area contributed by atoms with Gasteiger partial charge in [0.2, 0.25) is 22.5 Å². The second kappa shape index (κ2) is 19.4. The van der Waals surface area contributed by atoms with E-state index in [0.29, 0.717) is 45.1 Å². The van der Waals surface area contributed by atoms with Crippen molar-refractivity contribution in [1.29, 1.82) is 0 Å². The van der Waals surface area contributed by atoms with E-state index < -0.39 is 22.7 Å². The van der Waals surface area contributed by atoms with Gasteiger partial charge in [-0.15, -0.1) is 0 Å². The third kappa shape index (κ3) is 9.90. The van der Waals surface area contributed by atoms with Crippen molar-refractivity contribution in [3.63, 3.8) is 0 Å². The molecular weight excluding hydrogens is 711 g/mol. The lowest BCUT2D eigenvalue weighted by molar-refractivity contribution is -0.138. The molecule has 0 heterocycles. The molecule has 0 spiro atoms. The Morgan fingerprint density at radius 2 is 1.29 bits per heavy atom. The SMILES string of the molecule is C=C1/C(=C/C=C2CCC[C@]3(C)[C@@H]([C@H](C)C(O)CC(=O)N(C(C)C)C(C)C)CC[C@@H]23)C[C@@H](O[Si](C(C)C)(C(C)C)C(C)C)C[C@@H]1O[Si](C(C)C)(C(C)C)C(C)C. The molecule has 0 saturated heterocycles. The summed E-state index contributed by atoms with van der Waals surface area (Å²) in [6.07, 6.45) is 12.1. The van der Waals surface area contributed by atoms with E-state index >= 15 is 0 Å². The summed E-state index contributed by atoms with van der Waals surface area (Å²) >= 11 is 0. The van der Waals surface area contributed by atoms with Gasteiger partial charge >= 0.3 is 0 Å². The number of carbonyl (C=O) groups excluding carboxylic acids is 1. The van der Waals surface area contributed by atoms with E-state index in [4.69, 9.17) is 15.4 Å². The molecule has 0 aliphatic heterocycles. The highest BCUT2D eigenvalue weighted by atomic mass is 28.4. The smallest absolute Gasteiger partial charge is 0.225 e. The zero-order valence-electron chi connectivity index (χ0n) is 39.2. The molecule has 7 atom stereocenters. The molecule has 1 N–H and O–H groups in total. The second-order valence-corrected chi connectivity index (χ2v) is 31.9. The van der Waals surface area contributed by atoms with Gasteiger partial charge in [0, 0.05) is 18.5 Å². The molecule has 0 aromatic carbocycles. The lowest BCUT2D eigenvalue weighted by Crippen LogP contribution is -2.54. The van der Waals surface area contributed by atoms with Crippen molar-refractivity contribution in [3.05, 3.63) is 35.5 Å². The maximum Gasteiger partial charge on any atom is 0.225 e. The van der Waals surface area contributed by atoms with Crippen LogP contribution in [0.5, 0.6) is 0 Å². The van der Waals surface area contributed by atoms with Crippen LogP contribution in [0.2, 0.25) is 33.2 Å². The fourth-order valence-corrected chi connectivity index (χ4v) is 24.2. The van der Waals surface area contributed by atoms with Gasteiger partial charge in [-0.1, -0.05) is 121 Å². The number of amides is 1. The van der Waals surface area contributed by atoms with E-state index in [-0.39, 0.29) is 48.0 Å². The van der Waals surface area contributed by atoms with Crippen LogP contribution < -0.4 is 0 Å². The second-order valence-electron chi connectivity index (χ2n) is 21.1. The number of hydrogen-bond donors (Lipinski definition) is 1. The van der Waals surface area contributed by atoms with Gasteiger partial charge in [-0.3, -0.25) is 4.79 Å². The molecule has 3 rings (SSSR count). The first-order valence-corrected chi connectivity index (χ1v) is 27.1. The van der Waals surface area contributed by atoms with Crippen molar-refractivity contribution < 1.29 is 18.8 Å². The third-order valence-corrected chi connectivity index (χ3v) is 27.7. The van der Waals surface area contributed by atoms with Crippen molar-refractivity contribution in [3.8, 4) is 0 Å². The lowest BCUT2D eigenvalue weighted by atomic mass is 9.60. The fourth-order valence-electron chi connectivity index (χ4n) is 13.0. The largest absolute Gasteiger partial charge is 0.413 e. The first-order valence-electron chi connectivity index (χ1n) is 22.8.